The predicted octanol–water partition coefficient (Wildman–Crippen LogP) is 3.43. The van der Waals surface area contributed by atoms with Crippen molar-refractivity contribution < 1.29 is 13.9 Å². The fourth-order valence-electron chi connectivity index (χ4n) is 2.50. The van der Waals surface area contributed by atoms with Gasteiger partial charge in [-0.25, -0.2) is 4.39 Å². The Morgan fingerprint density at radius 2 is 2.15 bits per heavy atom. The van der Waals surface area contributed by atoms with Crippen molar-refractivity contribution in [2.24, 2.45) is 0 Å². The van der Waals surface area contributed by atoms with Crippen molar-refractivity contribution in [1.29, 1.82) is 0 Å². The Bertz CT molecular complexity index is 449. The van der Waals surface area contributed by atoms with Gasteiger partial charge >= 0.3 is 0 Å². The molecule has 0 unspecified atom stereocenters. The quantitative estimate of drug-likeness (QED) is 0.886. The zero-order chi connectivity index (χ0) is 14.6. The standard InChI is InChI=1S/C15H21BrFNO2/c1-11(13-4-3-12(16)9-14(13)17)18-10-15(19-2)5-7-20-8-6-15/h3-4,9,11,18H,5-8,10H2,1-2H3/t11-/m0/s1. The molecule has 0 amide bonds. The Morgan fingerprint density at radius 1 is 1.45 bits per heavy atom. The van der Waals surface area contributed by atoms with Gasteiger partial charge in [-0.05, 0) is 19.1 Å². The molecule has 1 atom stereocenters. The minimum atomic E-state index is -0.196. The molecule has 0 bridgehead atoms. The lowest BCUT2D eigenvalue weighted by Gasteiger charge is -2.37. The van der Waals surface area contributed by atoms with Crippen LogP contribution in [0.4, 0.5) is 4.39 Å². The zero-order valence-electron chi connectivity index (χ0n) is 11.9. The fraction of sp³-hybridized carbons (Fsp3) is 0.600. The van der Waals surface area contributed by atoms with E-state index in [4.69, 9.17) is 9.47 Å². The van der Waals surface area contributed by atoms with Crippen LogP contribution in [0.1, 0.15) is 31.4 Å². The second-order valence-electron chi connectivity index (χ2n) is 5.27. The van der Waals surface area contributed by atoms with Crippen LogP contribution in [0.15, 0.2) is 22.7 Å². The van der Waals surface area contributed by atoms with E-state index in [9.17, 15) is 4.39 Å². The van der Waals surface area contributed by atoms with Gasteiger partial charge in [-0.15, -0.1) is 0 Å². The summed E-state index contributed by atoms with van der Waals surface area (Å²) in [5, 5.41) is 3.38. The molecule has 1 aliphatic rings. The van der Waals surface area contributed by atoms with Gasteiger partial charge < -0.3 is 14.8 Å². The molecule has 1 aromatic rings. The van der Waals surface area contributed by atoms with Crippen LogP contribution in [0.3, 0.4) is 0 Å². The molecule has 1 N–H and O–H groups in total. The van der Waals surface area contributed by atoms with Crippen molar-refractivity contribution in [3.8, 4) is 0 Å². The predicted molar refractivity (Wildman–Crippen MR) is 80.3 cm³/mol. The van der Waals surface area contributed by atoms with Crippen molar-refractivity contribution in [2.45, 2.75) is 31.4 Å². The van der Waals surface area contributed by atoms with Crippen molar-refractivity contribution in [3.05, 3.63) is 34.1 Å². The van der Waals surface area contributed by atoms with Gasteiger partial charge in [0.15, 0.2) is 0 Å². The number of halogens is 2. The molecule has 0 radical (unpaired) electrons. The molecular weight excluding hydrogens is 325 g/mol. The molecule has 0 aliphatic carbocycles. The monoisotopic (exact) mass is 345 g/mol. The van der Waals surface area contributed by atoms with E-state index in [0.717, 1.165) is 30.5 Å². The van der Waals surface area contributed by atoms with Gasteiger partial charge in [0.05, 0.1) is 5.60 Å². The number of methoxy groups -OCH3 is 1. The summed E-state index contributed by atoms with van der Waals surface area (Å²) in [6.45, 7) is 4.10. The van der Waals surface area contributed by atoms with Crippen LogP contribution in [-0.4, -0.2) is 32.5 Å². The zero-order valence-corrected chi connectivity index (χ0v) is 13.5. The number of ether oxygens (including phenoxy) is 2. The highest BCUT2D eigenvalue weighted by atomic mass is 79.9. The van der Waals surface area contributed by atoms with Crippen LogP contribution in [-0.2, 0) is 9.47 Å². The van der Waals surface area contributed by atoms with Gasteiger partial charge in [0.25, 0.3) is 0 Å². The third-order valence-corrected chi connectivity index (χ3v) is 4.49. The Labute approximate surface area is 128 Å². The first kappa shape index (κ1) is 15.9. The average Bonchev–Trinajstić information content (AvgIpc) is 2.46. The Kier molecular flexibility index (Phi) is 5.55. The maximum atomic E-state index is 13.9. The largest absolute Gasteiger partial charge is 0.381 e. The summed E-state index contributed by atoms with van der Waals surface area (Å²) in [4.78, 5) is 0. The van der Waals surface area contributed by atoms with E-state index in [1.807, 2.05) is 13.0 Å². The molecule has 0 saturated carbocycles. The number of rotatable bonds is 5. The van der Waals surface area contributed by atoms with E-state index >= 15 is 0 Å². The summed E-state index contributed by atoms with van der Waals surface area (Å²) in [5.41, 5.74) is 0.477. The summed E-state index contributed by atoms with van der Waals surface area (Å²) in [7, 11) is 1.73. The number of benzene rings is 1. The van der Waals surface area contributed by atoms with Gasteiger partial charge in [0.2, 0.25) is 0 Å². The maximum Gasteiger partial charge on any atom is 0.129 e. The van der Waals surface area contributed by atoms with Crippen LogP contribution in [0, 0.1) is 5.82 Å². The molecule has 1 saturated heterocycles. The minimum absolute atomic E-state index is 0.0574. The first-order valence-electron chi connectivity index (χ1n) is 6.87. The van der Waals surface area contributed by atoms with Gasteiger partial charge in [0, 0.05) is 55.8 Å². The van der Waals surface area contributed by atoms with Gasteiger partial charge in [-0.1, -0.05) is 22.0 Å². The smallest absolute Gasteiger partial charge is 0.129 e. The SMILES string of the molecule is COC1(CN[C@@H](C)c2ccc(Br)cc2F)CCOCC1. The molecule has 5 heteroatoms. The van der Waals surface area contributed by atoms with Crippen LogP contribution in [0.25, 0.3) is 0 Å². The molecule has 20 heavy (non-hydrogen) atoms. The van der Waals surface area contributed by atoms with E-state index in [1.54, 1.807) is 13.2 Å². The Hall–Kier alpha value is -0.490. The van der Waals surface area contributed by atoms with E-state index in [2.05, 4.69) is 21.2 Å². The highest BCUT2D eigenvalue weighted by Crippen LogP contribution is 2.26. The van der Waals surface area contributed by atoms with Crippen LogP contribution in [0.5, 0.6) is 0 Å². The number of hydrogen-bond acceptors (Lipinski definition) is 3. The second-order valence-corrected chi connectivity index (χ2v) is 6.18. The Balaban J connectivity index is 1.98. The van der Waals surface area contributed by atoms with Gasteiger partial charge in [-0.2, -0.15) is 0 Å². The molecule has 2 rings (SSSR count). The lowest BCUT2D eigenvalue weighted by atomic mass is 9.93. The van der Waals surface area contributed by atoms with Gasteiger partial charge in [-0.3, -0.25) is 0 Å². The Morgan fingerprint density at radius 3 is 2.75 bits per heavy atom. The first-order chi connectivity index (χ1) is 9.56. The molecular formula is C15H21BrFNO2. The molecule has 0 spiro atoms. The van der Waals surface area contributed by atoms with E-state index in [-0.39, 0.29) is 17.5 Å². The highest BCUT2D eigenvalue weighted by Gasteiger charge is 2.32. The van der Waals surface area contributed by atoms with Gasteiger partial charge in [0.1, 0.15) is 5.82 Å². The molecule has 1 heterocycles. The normalized spacial score (nSPS) is 19.8. The average molecular weight is 346 g/mol. The molecule has 3 nitrogen and oxygen atoms in total. The lowest BCUT2D eigenvalue weighted by molar-refractivity contribution is -0.0885. The molecule has 1 aliphatic heterocycles. The lowest BCUT2D eigenvalue weighted by Crippen LogP contribution is -2.47. The molecule has 0 aromatic heterocycles. The van der Waals surface area contributed by atoms with Crippen molar-refractivity contribution in [2.75, 3.05) is 26.9 Å². The maximum absolute atomic E-state index is 13.9. The summed E-state index contributed by atoms with van der Waals surface area (Å²) in [6, 6.07) is 5.10. The minimum Gasteiger partial charge on any atom is -0.381 e. The van der Waals surface area contributed by atoms with E-state index in [0.29, 0.717) is 12.1 Å². The van der Waals surface area contributed by atoms with Crippen molar-refractivity contribution >= 4 is 15.9 Å². The summed E-state index contributed by atoms with van der Waals surface area (Å²) in [6.07, 6.45) is 1.73. The number of hydrogen-bond donors (Lipinski definition) is 1. The number of nitrogens with one attached hydrogen (secondary N) is 1. The van der Waals surface area contributed by atoms with Crippen molar-refractivity contribution in [1.82, 2.24) is 5.32 Å². The summed E-state index contributed by atoms with van der Waals surface area (Å²) in [5.74, 6) is -0.196. The highest BCUT2D eigenvalue weighted by molar-refractivity contribution is 9.10. The summed E-state index contributed by atoms with van der Waals surface area (Å²) < 4.78 is 25.7. The van der Waals surface area contributed by atoms with Crippen LogP contribution in [0.2, 0.25) is 0 Å². The molecule has 1 fully saturated rings. The summed E-state index contributed by atoms with van der Waals surface area (Å²) >= 11 is 3.27. The van der Waals surface area contributed by atoms with Crippen LogP contribution < -0.4 is 5.32 Å². The van der Waals surface area contributed by atoms with E-state index in [1.165, 1.54) is 6.07 Å². The second kappa shape index (κ2) is 6.98. The molecule has 1 aromatic carbocycles. The van der Waals surface area contributed by atoms with Crippen LogP contribution >= 0.6 is 15.9 Å². The third kappa shape index (κ3) is 3.79. The van der Waals surface area contributed by atoms with E-state index < -0.39 is 0 Å². The topological polar surface area (TPSA) is 30.5 Å². The third-order valence-electron chi connectivity index (χ3n) is 4.00. The van der Waals surface area contributed by atoms with Crippen molar-refractivity contribution in [3.63, 3.8) is 0 Å². The fourth-order valence-corrected chi connectivity index (χ4v) is 2.83. The first-order valence-corrected chi connectivity index (χ1v) is 7.67. The molecule has 112 valence electrons.